The molecule has 2 atom stereocenters. The first kappa shape index (κ1) is 32.0. The maximum absolute atomic E-state index is 14.3. The number of aliphatic hydroxyl groups is 2. The molecule has 3 fully saturated rings. The van der Waals surface area contributed by atoms with E-state index in [1.807, 2.05) is 0 Å². The van der Waals surface area contributed by atoms with E-state index in [4.69, 9.17) is 5.11 Å². The number of halogens is 1. The van der Waals surface area contributed by atoms with Crippen molar-refractivity contribution in [1.29, 1.82) is 0 Å². The zero-order chi connectivity index (χ0) is 29.5. The fourth-order valence-corrected chi connectivity index (χ4v) is 7.83. The Balaban J connectivity index is 1.75. The van der Waals surface area contributed by atoms with Crippen molar-refractivity contribution in [2.75, 3.05) is 0 Å². The summed E-state index contributed by atoms with van der Waals surface area (Å²) < 4.78 is 16.6. The second-order valence-corrected chi connectivity index (χ2v) is 13.4. The van der Waals surface area contributed by atoms with E-state index >= 15 is 0 Å². The molecule has 1 heterocycles. The number of rotatable bonds is 12. The van der Waals surface area contributed by atoms with Crippen LogP contribution in [-0.4, -0.2) is 56.2 Å². The quantitative estimate of drug-likeness (QED) is 0.221. The van der Waals surface area contributed by atoms with Gasteiger partial charge in [0.15, 0.2) is 0 Å². The third-order valence-corrected chi connectivity index (χ3v) is 9.79. The summed E-state index contributed by atoms with van der Waals surface area (Å²) in [7, 11) is 0. The van der Waals surface area contributed by atoms with Crippen LogP contribution in [0.4, 0.5) is 4.39 Å². The number of carbonyl (C=O) groups is 2. The van der Waals surface area contributed by atoms with Crippen LogP contribution in [0.5, 0.6) is 0 Å². The maximum Gasteiger partial charge on any atom is 0.305 e. The van der Waals surface area contributed by atoms with Gasteiger partial charge in [0, 0.05) is 24.0 Å². The Morgan fingerprint density at radius 2 is 1.49 bits per heavy atom. The second-order valence-electron chi connectivity index (χ2n) is 13.4. The summed E-state index contributed by atoms with van der Waals surface area (Å²) in [5, 5.41) is 33.4. The van der Waals surface area contributed by atoms with E-state index in [0.717, 1.165) is 75.5 Å². The van der Waals surface area contributed by atoms with Crippen molar-refractivity contribution in [2.45, 2.75) is 172 Å². The van der Waals surface area contributed by atoms with Crippen molar-refractivity contribution in [1.82, 2.24) is 9.88 Å². The molecule has 41 heavy (non-hydrogen) atoms. The summed E-state index contributed by atoms with van der Waals surface area (Å²) >= 11 is 0. The van der Waals surface area contributed by atoms with Gasteiger partial charge in [0.05, 0.1) is 24.2 Å². The molecular formula is C33H53FN2O5. The summed E-state index contributed by atoms with van der Waals surface area (Å²) in [6, 6.07) is 0.196. The molecular weight excluding hydrogens is 523 g/mol. The topological polar surface area (TPSA) is 112 Å². The summed E-state index contributed by atoms with van der Waals surface area (Å²) in [5.41, 5.74) is 4.20. The molecule has 3 aliphatic carbocycles. The standard InChI is InChI=1S/C33H53FN2O5/c1-21(2)31-30(33(41)35-25-11-7-4-8-12-25)29(22-9-5-3-6-10-22)32(23-13-15-24(34)16-14-23)36(31)18-17-26(37)19-27(38)20-28(39)40/h21-27,37-38H,3-20H2,1-2H3,(H,35,41)(H,39,40). The first-order chi connectivity index (χ1) is 19.7. The van der Waals surface area contributed by atoms with E-state index in [-0.39, 0.29) is 30.2 Å². The molecule has 2 unspecified atom stereocenters. The van der Waals surface area contributed by atoms with Crippen LogP contribution in [0.3, 0.4) is 0 Å². The smallest absolute Gasteiger partial charge is 0.305 e. The number of aliphatic hydroxyl groups excluding tert-OH is 2. The number of carbonyl (C=O) groups excluding carboxylic acids is 1. The molecule has 0 spiro atoms. The lowest BCUT2D eigenvalue weighted by atomic mass is 9.77. The first-order valence-electron chi connectivity index (χ1n) is 16.4. The van der Waals surface area contributed by atoms with Crippen molar-refractivity contribution in [3.05, 3.63) is 22.5 Å². The fraction of sp³-hybridized carbons (Fsp3) is 0.818. The molecule has 3 aliphatic rings. The average molecular weight is 577 g/mol. The monoisotopic (exact) mass is 576 g/mol. The van der Waals surface area contributed by atoms with Gasteiger partial charge in [-0.3, -0.25) is 9.59 Å². The molecule has 1 aromatic heterocycles. The molecule has 0 radical (unpaired) electrons. The molecule has 1 amide bonds. The Morgan fingerprint density at radius 3 is 2.07 bits per heavy atom. The highest BCUT2D eigenvalue weighted by Crippen LogP contribution is 2.47. The number of nitrogens with one attached hydrogen (secondary N) is 1. The van der Waals surface area contributed by atoms with Crippen LogP contribution < -0.4 is 5.32 Å². The van der Waals surface area contributed by atoms with Gasteiger partial charge in [-0.2, -0.15) is 0 Å². The third-order valence-electron chi connectivity index (χ3n) is 9.79. The van der Waals surface area contributed by atoms with Crippen molar-refractivity contribution in [2.24, 2.45) is 0 Å². The van der Waals surface area contributed by atoms with E-state index in [1.54, 1.807) is 0 Å². The van der Waals surface area contributed by atoms with Crippen molar-refractivity contribution in [3.8, 4) is 0 Å². The zero-order valence-electron chi connectivity index (χ0n) is 25.3. The highest BCUT2D eigenvalue weighted by atomic mass is 19.1. The Labute approximate surface area is 245 Å². The molecule has 4 N–H and O–H groups in total. The number of aromatic nitrogens is 1. The van der Waals surface area contributed by atoms with Gasteiger partial charge < -0.3 is 25.2 Å². The third kappa shape index (κ3) is 8.34. The minimum absolute atomic E-state index is 0.00260. The van der Waals surface area contributed by atoms with E-state index in [9.17, 15) is 24.2 Å². The van der Waals surface area contributed by atoms with E-state index in [2.05, 4.69) is 23.7 Å². The van der Waals surface area contributed by atoms with E-state index < -0.39 is 30.8 Å². The number of carboxylic acids is 1. The van der Waals surface area contributed by atoms with Crippen LogP contribution in [0.25, 0.3) is 0 Å². The molecule has 0 aliphatic heterocycles. The number of amides is 1. The lowest BCUT2D eigenvalue weighted by Crippen LogP contribution is -2.37. The lowest BCUT2D eigenvalue weighted by Gasteiger charge is -2.31. The van der Waals surface area contributed by atoms with Gasteiger partial charge in [-0.25, -0.2) is 4.39 Å². The Kier molecular flexibility index (Phi) is 11.7. The first-order valence-corrected chi connectivity index (χ1v) is 16.4. The molecule has 0 aromatic carbocycles. The highest BCUT2D eigenvalue weighted by Gasteiger charge is 2.37. The van der Waals surface area contributed by atoms with Gasteiger partial charge in [-0.15, -0.1) is 0 Å². The van der Waals surface area contributed by atoms with E-state index in [1.165, 1.54) is 24.1 Å². The van der Waals surface area contributed by atoms with Gasteiger partial charge in [0.25, 0.3) is 5.91 Å². The summed E-state index contributed by atoms with van der Waals surface area (Å²) in [6.07, 6.45) is 10.9. The molecule has 7 nitrogen and oxygen atoms in total. The largest absolute Gasteiger partial charge is 0.481 e. The van der Waals surface area contributed by atoms with Crippen LogP contribution in [0.1, 0.15) is 168 Å². The minimum atomic E-state index is -1.11. The Morgan fingerprint density at radius 1 is 0.878 bits per heavy atom. The zero-order valence-corrected chi connectivity index (χ0v) is 25.3. The van der Waals surface area contributed by atoms with Crippen molar-refractivity contribution >= 4 is 11.9 Å². The maximum atomic E-state index is 14.3. The molecule has 1 aromatic rings. The van der Waals surface area contributed by atoms with Crippen molar-refractivity contribution in [3.63, 3.8) is 0 Å². The van der Waals surface area contributed by atoms with Gasteiger partial charge in [0.2, 0.25) is 0 Å². The summed E-state index contributed by atoms with van der Waals surface area (Å²) in [4.78, 5) is 25.3. The molecule has 0 bridgehead atoms. The van der Waals surface area contributed by atoms with Gasteiger partial charge in [0.1, 0.15) is 6.17 Å². The number of aliphatic carboxylic acids is 1. The molecule has 232 valence electrons. The van der Waals surface area contributed by atoms with Crippen LogP contribution in [0.15, 0.2) is 0 Å². The minimum Gasteiger partial charge on any atom is -0.481 e. The highest BCUT2D eigenvalue weighted by molar-refractivity contribution is 5.98. The molecule has 3 saturated carbocycles. The SMILES string of the molecule is CC(C)c1c(C(=O)NC2CCCCC2)c(C2CCCCC2)c(C2CCC(F)CC2)n1CCC(O)CC(O)CC(=O)O. The van der Waals surface area contributed by atoms with Crippen LogP contribution >= 0.6 is 0 Å². The van der Waals surface area contributed by atoms with Gasteiger partial charge in [-0.05, 0) is 87.5 Å². The number of alkyl halides is 1. The predicted molar refractivity (Wildman–Crippen MR) is 158 cm³/mol. The van der Waals surface area contributed by atoms with Crippen LogP contribution in [-0.2, 0) is 11.3 Å². The molecule has 0 saturated heterocycles. The Bertz CT molecular complexity index is 1000. The number of nitrogens with zero attached hydrogens (tertiary/aromatic N) is 1. The van der Waals surface area contributed by atoms with Gasteiger partial charge in [-0.1, -0.05) is 52.4 Å². The summed E-state index contributed by atoms with van der Waals surface area (Å²) in [5.74, 6) is -0.519. The average Bonchev–Trinajstić information content (AvgIpc) is 3.28. The predicted octanol–water partition coefficient (Wildman–Crippen LogP) is 6.69. The van der Waals surface area contributed by atoms with Crippen molar-refractivity contribution < 1.29 is 29.3 Å². The lowest BCUT2D eigenvalue weighted by molar-refractivity contribution is -0.139. The number of hydrogen-bond acceptors (Lipinski definition) is 4. The van der Waals surface area contributed by atoms with Crippen LogP contribution in [0.2, 0.25) is 0 Å². The fourth-order valence-electron chi connectivity index (χ4n) is 7.83. The normalized spacial score (nSPS) is 24.3. The Hall–Kier alpha value is -1.93. The number of hydrogen-bond donors (Lipinski definition) is 4. The molecule has 4 rings (SSSR count). The van der Waals surface area contributed by atoms with Gasteiger partial charge >= 0.3 is 5.97 Å². The number of carboxylic acid groups (broad SMARTS) is 1. The molecule has 8 heteroatoms. The summed E-state index contributed by atoms with van der Waals surface area (Å²) in [6.45, 7) is 4.74. The second kappa shape index (κ2) is 15.0. The van der Waals surface area contributed by atoms with E-state index in [0.29, 0.717) is 31.7 Å². The van der Waals surface area contributed by atoms with Crippen LogP contribution in [0, 0.1) is 0 Å².